The first kappa shape index (κ1) is 12.6. The van der Waals surface area contributed by atoms with E-state index in [0.29, 0.717) is 6.42 Å². The molecule has 0 fully saturated rings. The second-order valence-electron chi connectivity index (χ2n) is 2.94. The van der Waals surface area contributed by atoms with Crippen molar-refractivity contribution in [2.24, 2.45) is 0 Å². The highest BCUT2D eigenvalue weighted by Gasteiger charge is 2.21. The summed E-state index contributed by atoms with van der Waals surface area (Å²) in [5.41, 5.74) is 0. The van der Waals surface area contributed by atoms with Gasteiger partial charge >= 0.3 is 0 Å². The second-order valence-corrected chi connectivity index (χ2v) is 6.29. The van der Waals surface area contributed by atoms with Crippen molar-refractivity contribution < 1.29 is 14.4 Å². The third kappa shape index (κ3) is 5.31. The summed E-state index contributed by atoms with van der Waals surface area (Å²) in [6, 6.07) is 0. The summed E-state index contributed by atoms with van der Waals surface area (Å²) < 4.78 is 10.2. The van der Waals surface area contributed by atoms with Crippen molar-refractivity contribution in [3.05, 3.63) is 0 Å². The summed E-state index contributed by atoms with van der Waals surface area (Å²) in [5, 5.41) is 0. The lowest BCUT2D eigenvalue weighted by molar-refractivity contribution is -0.313. The van der Waals surface area contributed by atoms with Crippen LogP contribution in [0.3, 0.4) is 0 Å². The fraction of sp³-hybridized carbons (Fsp3) is 1.00. The molecule has 0 atom stereocenters. The van der Waals surface area contributed by atoms with Crippen molar-refractivity contribution >= 4 is 23.5 Å². The summed E-state index contributed by atoms with van der Waals surface area (Å²) in [4.78, 5) is 20.7. The fourth-order valence-electron chi connectivity index (χ4n) is 0.941. The molecule has 0 aliphatic heterocycles. The van der Waals surface area contributed by atoms with E-state index in [0.717, 1.165) is 12.8 Å². The van der Waals surface area contributed by atoms with Gasteiger partial charge in [0.05, 0.1) is 0 Å². The van der Waals surface area contributed by atoms with E-state index in [1.807, 2.05) is 13.8 Å². The summed E-state index contributed by atoms with van der Waals surface area (Å²) >= 11 is 3.44. The lowest BCUT2D eigenvalue weighted by Crippen LogP contribution is -2.25. The SMILES string of the molecule is CCC(Br)(CC)CCP(=O)([O-])[O-]. The quantitative estimate of drug-likeness (QED) is 0.549. The van der Waals surface area contributed by atoms with E-state index in [1.165, 1.54) is 0 Å². The Bertz CT molecular complexity index is 173. The third-order valence-corrected chi connectivity index (χ3v) is 4.39. The molecule has 0 rings (SSSR count). The Hall–Kier alpha value is 0.630. The van der Waals surface area contributed by atoms with E-state index >= 15 is 0 Å². The van der Waals surface area contributed by atoms with Crippen LogP contribution in [0.2, 0.25) is 0 Å². The number of rotatable bonds is 5. The molecule has 0 bridgehead atoms. The van der Waals surface area contributed by atoms with Crippen LogP contribution in [0.4, 0.5) is 0 Å². The predicted octanol–water partition coefficient (Wildman–Crippen LogP) is 1.24. The zero-order valence-electron chi connectivity index (χ0n) is 7.38. The molecule has 0 aromatic heterocycles. The van der Waals surface area contributed by atoms with Gasteiger partial charge in [-0.2, -0.15) is 0 Å². The van der Waals surface area contributed by atoms with Gasteiger partial charge in [-0.15, -0.1) is 0 Å². The Morgan fingerprint density at radius 1 is 1.33 bits per heavy atom. The van der Waals surface area contributed by atoms with Crippen LogP contribution in [-0.4, -0.2) is 10.5 Å². The summed E-state index contributed by atoms with van der Waals surface area (Å²) in [5.74, 6) is 0. The van der Waals surface area contributed by atoms with E-state index < -0.39 is 7.60 Å². The average Bonchev–Trinajstić information content (AvgIpc) is 1.99. The molecule has 0 spiro atoms. The molecule has 0 aliphatic rings. The molecule has 0 saturated carbocycles. The van der Waals surface area contributed by atoms with Crippen LogP contribution < -0.4 is 9.79 Å². The van der Waals surface area contributed by atoms with Gasteiger partial charge in [-0.3, -0.25) is 0 Å². The van der Waals surface area contributed by atoms with Crippen LogP contribution in [0, 0.1) is 0 Å². The Kier molecular flexibility index (Phi) is 5.00. The molecule has 0 unspecified atom stereocenters. The normalized spacial score (nSPS) is 13.4. The zero-order valence-corrected chi connectivity index (χ0v) is 9.86. The monoisotopic (exact) mass is 256 g/mol. The molecule has 0 aromatic rings. The van der Waals surface area contributed by atoms with Crippen molar-refractivity contribution in [2.45, 2.75) is 37.4 Å². The van der Waals surface area contributed by atoms with E-state index in [-0.39, 0.29) is 10.5 Å². The second kappa shape index (κ2) is 4.75. The first-order valence-electron chi connectivity index (χ1n) is 4.03. The molecule has 0 amide bonds. The molecule has 0 aromatic carbocycles. The number of alkyl halides is 1. The van der Waals surface area contributed by atoms with E-state index in [4.69, 9.17) is 0 Å². The lowest BCUT2D eigenvalue weighted by Gasteiger charge is -2.34. The van der Waals surface area contributed by atoms with E-state index in [2.05, 4.69) is 15.9 Å². The molecule has 12 heavy (non-hydrogen) atoms. The lowest BCUT2D eigenvalue weighted by atomic mass is 10.0. The van der Waals surface area contributed by atoms with Crippen molar-refractivity contribution in [1.29, 1.82) is 0 Å². The van der Waals surface area contributed by atoms with Gasteiger partial charge in [-0.1, -0.05) is 37.4 Å². The Labute approximate surface area is 81.8 Å². The Morgan fingerprint density at radius 3 is 2.00 bits per heavy atom. The molecule has 5 heteroatoms. The maximum Gasteiger partial charge on any atom is 0.0256 e. The molecule has 0 saturated heterocycles. The van der Waals surface area contributed by atoms with Gasteiger partial charge in [-0.25, -0.2) is 0 Å². The molecular formula is C7H14BrO3P-2. The van der Waals surface area contributed by atoms with Crippen LogP contribution in [0.25, 0.3) is 0 Å². The molecular weight excluding hydrogens is 243 g/mol. The van der Waals surface area contributed by atoms with Crippen LogP contribution in [0.1, 0.15) is 33.1 Å². The maximum absolute atomic E-state index is 10.4. The van der Waals surface area contributed by atoms with Gasteiger partial charge in [0.15, 0.2) is 0 Å². The summed E-state index contributed by atoms with van der Waals surface area (Å²) in [7, 11) is -4.32. The molecule has 74 valence electrons. The van der Waals surface area contributed by atoms with Crippen LogP contribution in [0.5, 0.6) is 0 Å². The predicted molar refractivity (Wildman–Crippen MR) is 49.3 cm³/mol. The van der Waals surface area contributed by atoms with Crippen molar-refractivity contribution in [3.63, 3.8) is 0 Å². The Morgan fingerprint density at radius 2 is 1.75 bits per heavy atom. The van der Waals surface area contributed by atoms with Gasteiger partial charge in [0, 0.05) is 4.32 Å². The van der Waals surface area contributed by atoms with Crippen molar-refractivity contribution in [2.75, 3.05) is 6.16 Å². The zero-order chi connectivity index (χ0) is 9.83. The molecule has 0 N–H and O–H groups in total. The number of hydrogen-bond acceptors (Lipinski definition) is 3. The van der Waals surface area contributed by atoms with Crippen LogP contribution in [-0.2, 0) is 4.57 Å². The fourth-order valence-corrected chi connectivity index (χ4v) is 2.15. The third-order valence-electron chi connectivity index (χ3n) is 2.10. The summed E-state index contributed by atoms with van der Waals surface area (Å²) in [6.07, 6.45) is 1.83. The van der Waals surface area contributed by atoms with Crippen LogP contribution in [0.15, 0.2) is 0 Å². The highest BCUT2D eigenvalue weighted by atomic mass is 79.9. The van der Waals surface area contributed by atoms with E-state index in [9.17, 15) is 14.4 Å². The topological polar surface area (TPSA) is 63.2 Å². The average molecular weight is 257 g/mol. The van der Waals surface area contributed by atoms with Crippen molar-refractivity contribution in [1.82, 2.24) is 0 Å². The first-order chi connectivity index (χ1) is 5.33. The van der Waals surface area contributed by atoms with Gasteiger partial charge in [0.2, 0.25) is 0 Å². The van der Waals surface area contributed by atoms with Gasteiger partial charge < -0.3 is 14.4 Å². The van der Waals surface area contributed by atoms with E-state index in [1.54, 1.807) is 0 Å². The number of halogens is 1. The smallest absolute Gasteiger partial charge is 0.0256 e. The summed E-state index contributed by atoms with van der Waals surface area (Å²) in [6.45, 7) is 3.94. The highest BCUT2D eigenvalue weighted by Crippen LogP contribution is 2.35. The number of hydrogen-bond donors (Lipinski definition) is 0. The standard InChI is InChI=1S/C7H16BrO3P/c1-3-7(8,4-2)5-6-12(9,10)11/h3-6H2,1-2H3,(H2,9,10,11)/p-2. The first-order valence-corrected chi connectivity index (χ1v) is 6.55. The molecule has 0 radical (unpaired) electrons. The minimum atomic E-state index is -4.32. The van der Waals surface area contributed by atoms with Crippen LogP contribution >= 0.6 is 23.5 Å². The van der Waals surface area contributed by atoms with Crippen molar-refractivity contribution in [3.8, 4) is 0 Å². The maximum atomic E-state index is 10.4. The van der Waals surface area contributed by atoms with Gasteiger partial charge in [0.1, 0.15) is 0 Å². The molecule has 3 nitrogen and oxygen atoms in total. The Balaban J connectivity index is 3.98. The van der Waals surface area contributed by atoms with Gasteiger partial charge in [-0.05, 0) is 25.4 Å². The highest BCUT2D eigenvalue weighted by molar-refractivity contribution is 9.10. The minimum absolute atomic E-state index is 0.169. The molecule has 0 heterocycles. The minimum Gasteiger partial charge on any atom is -0.811 e. The largest absolute Gasteiger partial charge is 0.811 e. The molecule has 0 aliphatic carbocycles. The van der Waals surface area contributed by atoms with Gasteiger partial charge in [0.25, 0.3) is 0 Å².